The smallest absolute Gasteiger partial charge is 0.296 e. The number of nitrogens with zero attached hydrogens (tertiary/aromatic N) is 3. The Labute approximate surface area is 92.7 Å². The van der Waals surface area contributed by atoms with Gasteiger partial charge in [0.25, 0.3) is 0 Å². The molecule has 7 nitrogen and oxygen atoms in total. The van der Waals surface area contributed by atoms with Crippen LogP contribution in [0.3, 0.4) is 0 Å². The van der Waals surface area contributed by atoms with Gasteiger partial charge < -0.3 is 0 Å². The predicted molar refractivity (Wildman–Crippen MR) is 55.5 cm³/mol. The monoisotopic (exact) mass is 247 g/mol. The molecule has 1 aliphatic heterocycles. The van der Waals surface area contributed by atoms with Crippen LogP contribution in [0.25, 0.3) is 0 Å². The van der Waals surface area contributed by atoms with Crippen LogP contribution in [0.15, 0.2) is 9.32 Å². The van der Waals surface area contributed by atoms with E-state index in [1.807, 2.05) is 0 Å². The molecule has 1 aliphatic rings. The zero-order chi connectivity index (χ0) is 11.8. The molecule has 0 aliphatic carbocycles. The third-order valence-electron chi connectivity index (χ3n) is 2.64. The lowest BCUT2D eigenvalue weighted by atomic mass is 10.4. The van der Waals surface area contributed by atoms with E-state index in [0.29, 0.717) is 25.3 Å². The van der Waals surface area contributed by atoms with E-state index in [1.165, 1.54) is 8.87 Å². The molecule has 16 heavy (non-hydrogen) atoms. The van der Waals surface area contributed by atoms with Gasteiger partial charge >= 0.3 is 5.76 Å². The van der Waals surface area contributed by atoms with Crippen LogP contribution in [0.4, 0.5) is 0 Å². The molecule has 1 fully saturated rings. The first kappa shape index (κ1) is 11.3. The van der Waals surface area contributed by atoms with Gasteiger partial charge in [-0.05, 0) is 13.3 Å². The summed E-state index contributed by atoms with van der Waals surface area (Å²) in [6.45, 7) is 2.75. The van der Waals surface area contributed by atoms with Gasteiger partial charge in [0.2, 0.25) is 10.0 Å². The van der Waals surface area contributed by atoms with Crippen molar-refractivity contribution in [2.45, 2.75) is 19.9 Å². The van der Waals surface area contributed by atoms with Crippen LogP contribution in [0.2, 0.25) is 0 Å². The van der Waals surface area contributed by atoms with Crippen molar-refractivity contribution in [2.75, 3.05) is 18.8 Å². The fraction of sp³-hybridized carbons (Fsp3) is 0.750. The van der Waals surface area contributed by atoms with Crippen molar-refractivity contribution in [1.29, 1.82) is 0 Å². The molecule has 0 atom stereocenters. The fourth-order valence-corrected chi connectivity index (χ4v) is 3.26. The van der Waals surface area contributed by atoms with E-state index in [4.69, 9.17) is 0 Å². The minimum atomic E-state index is -3.10. The summed E-state index contributed by atoms with van der Waals surface area (Å²) in [6.07, 6.45) is 0.653. The Hall–Kier alpha value is -1.15. The van der Waals surface area contributed by atoms with E-state index in [2.05, 4.69) is 9.68 Å². The molecular weight excluding hydrogens is 234 g/mol. The lowest BCUT2D eigenvalue weighted by Gasteiger charge is -2.13. The van der Waals surface area contributed by atoms with Crippen molar-refractivity contribution in [3.63, 3.8) is 0 Å². The predicted octanol–water partition coefficient (Wildman–Crippen LogP) is -0.820. The summed E-state index contributed by atoms with van der Waals surface area (Å²) in [5.41, 5.74) is 0. The molecule has 90 valence electrons. The molecule has 1 saturated heterocycles. The minimum Gasteiger partial charge on any atom is -0.296 e. The molecule has 1 aromatic rings. The van der Waals surface area contributed by atoms with Gasteiger partial charge in [-0.15, -0.1) is 0 Å². The first-order chi connectivity index (χ1) is 7.50. The highest BCUT2D eigenvalue weighted by atomic mass is 32.2. The zero-order valence-corrected chi connectivity index (χ0v) is 9.73. The van der Waals surface area contributed by atoms with Gasteiger partial charge in [-0.25, -0.2) is 17.5 Å². The van der Waals surface area contributed by atoms with Crippen LogP contribution in [0.1, 0.15) is 12.2 Å². The first-order valence-corrected chi connectivity index (χ1v) is 6.62. The summed E-state index contributed by atoms with van der Waals surface area (Å²) in [6, 6.07) is 0. The average Bonchev–Trinajstić information content (AvgIpc) is 2.69. The second-order valence-corrected chi connectivity index (χ2v) is 5.80. The molecule has 1 aromatic heterocycles. The normalized spacial score (nSPS) is 20.3. The Balaban J connectivity index is 2.06. The van der Waals surface area contributed by atoms with Gasteiger partial charge in [0, 0.05) is 19.6 Å². The van der Waals surface area contributed by atoms with Gasteiger partial charge in [0.05, 0.1) is 5.75 Å². The minimum absolute atomic E-state index is 0.199. The highest BCUT2D eigenvalue weighted by molar-refractivity contribution is 7.89. The molecule has 0 N–H and O–H groups in total. The summed E-state index contributed by atoms with van der Waals surface area (Å²) < 4.78 is 30.2. The number of sulfonamides is 1. The maximum absolute atomic E-state index is 11.5. The first-order valence-electron chi connectivity index (χ1n) is 5.01. The summed E-state index contributed by atoms with van der Waals surface area (Å²) in [5.74, 6) is 0.112. The van der Waals surface area contributed by atoms with Crippen LogP contribution in [-0.4, -0.2) is 41.3 Å². The van der Waals surface area contributed by atoms with Gasteiger partial charge in [0.15, 0.2) is 5.82 Å². The number of aromatic nitrogens is 2. The lowest BCUT2D eigenvalue weighted by Crippen LogP contribution is -2.31. The van der Waals surface area contributed by atoms with Crippen molar-refractivity contribution in [2.24, 2.45) is 0 Å². The van der Waals surface area contributed by atoms with Gasteiger partial charge in [-0.3, -0.25) is 9.09 Å². The number of aryl methyl sites for hydroxylation is 1. The highest BCUT2D eigenvalue weighted by Gasteiger charge is 2.27. The largest absolute Gasteiger partial charge is 0.441 e. The van der Waals surface area contributed by atoms with Crippen molar-refractivity contribution in [1.82, 2.24) is 14.0 Å². The SMILES string of the molecule is Cc1noc(=O)n1CCN1CCCS1(=O)=O. The summed E-state index contributed by atoms with van der Waals surface area (Å²) in [7, 11) is -3.10. The maximum Gasteiger partial charge on any atom is 0.441 e. The van der Waals surface area contributed by atoms with Gasteiger partial charge in [-0.2, -0.15) is 0 Å². The molecular formula is C8H13N3O4S. The molecule has 0 unspecified atom stereocenters. The third-order valence-corrected chi connectivity index (χ3v) is 4.60. The lowest BCUT2D eigenvalue weighted by molar-refractivity contribution is 0.364. The molecule has 0 radical (unpaired) electrons. The van der Waals surface area contributed by atoms with Crippen LogP contribution in [0, 0.1) is 6.92 Å². The summed E-state index contributed by atoms with van der Waals surface area (Å²) in [5, 5.41) is 3.51. The topological polar surface area (TPSA) is 85.4 Å². The van der Waals surface area contributed by atoms with Crippen molar-refractivity contribution in [3.05, 3.63) is 16.4 Å². The molecule has 2 rings (SSSR count). The number of hydrogen-bond acceptors (Lipinski definition) is 5. The van der Waals surface area contributed by atoms with E-state index < -0.39 is 15.8 Å². The van der Waals surface area contributed by atoms with E-state index in [-0.39, 0.29) is 12.3 Å². The zero-order valence-electron chi connectivity index (χ0n) is 8.92. The van der Waals surface area contributed by atoms with E-state index in [1.54, 1.807) is 6.92 Å². The Morgan fingerprint density at radius 3 is 2.69 bits per heavy atom. The van der Waals surface area contributed by atoms with Crippen LogP contribution in [-0.2, 0) is 16.6 Å². The highest BCUT2D eigenvalue weighted by Crippen LogP contribution is 2.12. The second-order valence-electron chi connectivity index (χ2n) is 3.72. The standard InChI is InChI=1S/C8H13N3O4S/c1-7-9-15-8(12)11(7)5-4-10-3-2-6-16(10,13)14/h2-6H2,1H3. The molecule has 2 heterocycles. The van der Waals surface area contributed by atoms with E-state index in [0.717, 1.165) is 0 Å². The quantitative estimate of drug-likeness (QED) is 0.696. The van der Waals surface area contributed by atoms with Crippen molar-refractivity contribution >= 4 is 10.0 Å². The number of rotatable bonds is 3. The molecule has 0 spiro atoms. The van der Waals surface area contributed by atoms with Crippen LogP contribution in [0.5, 0.6) is 0 Å². The van der Waals surface area contributed by atoms with E-state index >= 15 is 0 Å². The third kappa shape index (κ3) is 2.03. The van der Waals surface area contributed by atoms with Crippen molar-refractivity contribution < 1.29 is 12.9 Å². The van der Waals surface area contributed by atoms with Crippen LogP contribution >= 0.6 is 0 Å². The second kappa shape index (κ2) is 4.02. The molecule has 0 aromatic carbocycles. The van der Waals surface area contributed by atoms with Gasteiger partial charge in [-0.1, -0.05) is 5.16 Å². The Morgan fingerprint density at radius 2 is 2.19 bits per heavy atom. The molecule has 8 heteroatoms. The molecule has 0 saturated carbocycles. The summed E-state index contributed by atoms with van der Waals surface area (Å²) in [4.78, 5) is 11.2. The fourth-order valence-electron chi connectivity index (χ4n) is 1.74. The average molecular weight is 247 g/mol. The van der Waals surface area contributed by atoms with Gasteiger partial charge in [0.1, 0.15) is 0 Å². The van der Waals surface area contributed by atoms with Crippen LogP contribution < -0.4 is 5.76 Å². The number of hydrogen-bond donors (Lipinski definition) is 0. The van der Waals surface area contributed by atoms with Crippen molar-refractivity contribution in [3.8, 4) is 0 Å². The molecule has 0 bridgehead atoms. The molecule has 0 amide bonds. The van der Waals surface area contributed by atoms with E-state index in [9.17, 15) is 13.2 Å². The Bertz CT molecular complexity index is 530. The Morgan fingerprint density at radius 1 is 1.44 bits per heavy atom. The summed E-state index contributed by atoms with van der Waals surface area (Å²) >= 11 is 0. The Kier molecular flexibility index (Phi) is 2.85. The maximum atomic E-state index is 11.5.